The Kier molecular flexibility index (Phi) is 7.35. The highest BCUT2D eigenvalue weighted by Gasteiger charge is 2.34. The number of likely N-dealkylation sites (N-methyl/N-ethyl adjacent to an activating group) is 1. The summed E-state index contributed by atoms with van der Waals surface area (Å²) < 4.78 is 60.1. The van der Waals surface area contributed by atoms with Gasteiger partial charge in [-0.05, 0) is 37.6 Å². The van der Waals surface area contributed by atoms with E-state index in [0.717, 1.165) is 0 Å². The van der Waals surface area contributed by atoms with Crippen LogP contribution < -0.4 is 0 Å². The third-order valence-corrected chi connectivity index (χ3v) is 9.00. The number of amides is 1. The Bertz CT molecular complexity index is 1020. The van der Waals surface area contributed by atoms with Gasteiger partial charge in [0.2, 0.25) is 10.0 Å². The molecule has 2 saturated heterocycles. The molecule has 2 aliphatic rings. The highest BCUT2D eigenvalue weighted by atomic mass is 32.2. The molecule has 2 aliphatic heterocycles. The van der Waals surface area contributed by atoms with Crippen LogP contribution in [0.3, 0.4) is 0 Å². The monoisotopic (exact) mass is 474 g/mol. The number of carbonyl (C=O) groups is 2. The summed E-state index contributed by atoms with van der Waals surface area (Å²) in [5.74, 6) is -1.27. The molecular weight excluding hydrogens is 448 g/mol. The van der Waals surface area contributed by atoms with Gasteiger partial charge in [0.1, 0.15) is 0 Å². The minimum atomic E-state index is -3.67. The first kappa shape index (κ1) is 23.6. The van der Waals surface area contributed by atoms with Gasteiger partial charge in [-0.1, -0.05) is 0 Å². The second kappa shape index (κ2) is 9.63. The smallest absolute Gasteiger partial charge is 0.338 e. The molecule has 1 atom stereocenters. The number of esters is 1. The summed E-state index contributed by atoms with van der Waals surface area (Å²) in [6.07, 6.45) is 0.370. The molecule has 0 bridgehead atoms. The van der Waals surface area contributed by atoms with Crippen LogP contribution in [-0.4, -0.2) is 94.9 Å². The van der Waals surface area contributed by atoms with Crippen molar-refractivity contribution >= 4 is 31.7 Å². The van der Waals surface area contributed by atoms with Crippen molar-refractivity contribution in [2.45, 2.75) is 24.3 Å². The maximum atomic E-state index is 12.6. The summed E-state index contributed by atoms with van der Waals surface area (Å²) >= 11 is 0. The zero-order valence-corrected chi connectivity index (χ0v) is 18.9. The first-order chi connectivity index (χ1) is 14.6. The Morgan fingerprint density at radius 3 is 2.39 bits per heavy atom. The molecule has 12 heteroatoms. The Balaban J connectivity index is 1.58. The summed E-state index contributed by atoms with van der Waals surface area (Å²) in [5.41, 5.74) is 0.111. The van der Waals surface area contributed by atoms with Crippen molar-refractivity contribution in [3.05, 3.63) is 29.8 Å². The summed E-state index contributed by atoms with van der Waals surface area (Å²) in [4.78, 5) is 26.2. The van der Waals surface area contributed by atoms with Gasteiger partial charge in [-0.15, -0.1) is 0 Å². The van der Waals surface area contributed by atoms with Crippen LogP contribution in [0.25, 0.3) is 0 Å². The highest BCUT2D eigenvalue weighted by molar-refractivity contribution is 7.91. The number of hydrogen-bond donors (Lipinski definition) is 0. The first-order valence-corrected chi connectivity index (χ1v) is 13.2. The first-order valence-electron chi connectivity index (χ1n) is 9.99. The quantitative estimate of drug-likeness (QED) is 0.501. The summed E-state index contributed by atoms with van der Waals surface area (Å²) in [6.45, 7) is 2.73. The molecule has 10 nitrogen and oxygen atoms in total. The van der Waals surface area contributed by atoms with Crippen LogP contribution in [0.1, 0.15) is 23.7 Å². The molecule has 1 amide bonds. The molecule has 172 valence electrons. The lowest BCUT2D eigenvalue weighted by molar-refractivity contribution is -0.136. The van der Waals surface area contributed by atoms with Crippen molar-refractivity contribution in [3.8, 4) is 0 Å². The predicted molar refractivity (Wildman–Crippen MR) is 111 cm³/mol. The fraction of sp³-hybridized carbons (Fsp3) is 0.579. The van der Waals surface area contributed by atoms with Crippen LogP contribution in [0.5, 0.6) is 0 Å². The second-order valence-corrected chi connectivity index (χ2v) is 11.5. The summed E-state index contributed by atoms with van der Waals surface area (Å²) in [6, 6.07) is 4.91. The lowest BCUT2D eigenvalue weighted by atomic mass is 10.2. The van der Waals surface area contributed by atoms with Crippen molar-refractivity contribution in [1.29, 1.82) is 0 Å². The second-order valence-electron chi connectivity index (χ2n) is 7.35. The van der Waals surface area contributed by atoms with E-state index < -0.39 is 44.4 Å². The molecule has 2 fully saturated rings. The molecule has 0 radical (unpaired) electrons. The Labute approximate surface area is 182 Å². The van der Waals surface area contributed by atoms with E-state index in [4.69, 9.17) is 9.47 Å². The number of sulfone groups is 1. The molecule has 0 aliphatic carbocycles. The maximum Gasteiger partial charge on any atom is 0.338 e. The molecule has 3 rings (SSSR count). The lowest BCUT2D eigenvalue weighted by Crippen LogP contribution is -2.43. The Morgan fingerprint density at radius 1 is 1.19 bits per heavy atom. The maximum absolute atomic E-state index is 12.6. The fourth-order valence-electron chi connectivity index (χ4n) is 3.65. The van der Waals surface area contributed by atoms with E-state index >= 15 is 0 Å². The van der Waals surface area contributed by atoms with Gasteiger partial charge in [-0.3, -0.25) is 4.79 Å². The van der Waals surface area contributed by atoms with E-state index in [1.165, 1.54) is 33.5 Å². The van der Waals surface area contributed by atoms with Crippen LogP contribution in [0.2, 0.25) is 0 Å². The Morgan fingerprint density at radius 2 is 1.84 bits per heavy atom. The van der Waals surface area contributed by atoms with Gasteiger partial charge in [0, 0.05) is 25.7 Å². The van der Waals surface area contributed by atoms with Crippen LogP contribution in [0.4, 0.5) is 0 Å². The van der Waals surface area contributed by atoms with Gasteiger partial charge >= 0.3 is 5.97 Å². The predicted octanol–water partition coefficient (Wildman–Crippen LogP) is -0.100. The molecule has 31 heavy (non-hydrogen) atoms. The number of ether oxygens (including phenoxy) is 2. The Hall–Kier alpha value is -2.02. The molecule has 0 aromatic heterocycles. The van der Waals surface area contributed by atoms with Gasteiger partial charge in [-0.25, -0.2) is 21.6 Å². The number of morpholine rings is 1. The number of carbonyl (C=O) groups excluding carboxylic acids is 2. The topological polar surface area (TPSA) is 127 Å². The van der Waals surface area contributed by atoms with E-state index in [0.29, 0.717) is 26.2 Å². The molecule has 0 N–H and O–H groups in total. The van der Waals surface area contributed by atoms with Gasteiger partial charge in [-0.2, -0.15) is 4.31 Å². The number of rotatable bonds is 7. The van der Waals surface area contributed by atoms with Crippen LogP contribution in [-0.2, 0) is 34.1 Å². The number of nitrogens with zero attached hydrogens (tertiary/aromatic N) is 2. The van der Waals surface area contributed by atoms with Gasteiger partial charge in [0.25, 0.3) is 5.91 Å². The minimum absolute atomic E-state index is 0.0426. The zero-order chi connectivity index (χ0) is 22.6. The summed E-state index contributed by atoms with van der Waals surface area (Å²) in [7, 11) is -6.82. The van der Waals surface area contributed by atoms with Gasteiger partial charge in [0.05, 0.1) is 35.2 Å². The van der Waals surface area contributed by atoms with Crippen LogP contribution >= 0.6 is 0 Å². The molecule has 1 aromatic carbocycles. The average molecular weight is 475 g/mol. The molecule has 1 unspecified atom stereocenters. The van der Waals surface area contributed by atoms with E-state index in [-0.39, 0.29) is 35.1 Å². The third-order valence-electron chi connectivity index (χ3n) is 5.33. The van der Waals surface area contributed by atoms with Crippen molar-refractivity contribution < 1.29 is 35.9 Å². The normalized spacial score (nSPS) is 21.5. The highest BCUT2D eigenvalue weighted by Crippen LogP contribution is 2.19. The zero-order valence-electron chi connectivity index (χ0n) is 17.2. The fourth-order valence-corrected chi connectivity index (χ4v) is 6.79. The molecule has 0 saturated carbocycles. The van der Waals surface area contributed by atoms with Crippen LogP contribution in [0.15, 0.2) is 29.2 Å². The average Bonchev–Trinajstić information content (AvgIpc) is 3.12. The number of benzene rings is 1. The number of hydrogen-bond acceptors (Lipinski definition) is 8. The third kappa shape index (κ3) is 5.62. The van der Waals surface area contributed by atoms with E-state index in [1.807, 2.05) is 0 Å². The van der Waals surface area contributed by atoms with E-state index in [2.05, 4.69) is 0 Å². The van der Waals surface area contributed by atoms with Crippen molar-refractivity contribution in [2.24, 2.45) is 0 Å². The van der Waals surface area contributed by atoms with E-state index in [1.54, 1.807) is 6.92 Å². The van der Waals surface area contributed by atoms with Crippen molar-refractivity contribution in [3.63, 3.8) is 0 Å². The van der Waals surface area contributed by atoms with E-state index in [9.17, 15) is 26.4 Å². The minimum Gasteiger partial charge on any atom is -0.452 e. The van der Waals surface area contributed by atoms with Gasteiger partial charge < -0.3 is 14.4 Å². The molecular formula is C19H26N2O8S2. The lowest BCUT2D eigenvalue weighted by Gasteiger charge is -2.26. The van der Waals surface area contributed by atoms with Crippen molar-refractivity contribution in [1.82, 2.24) is 9.21 Å². The molecule has 1 aromatic rings. The summed E-state index contributed by atoms with van der Waals surface area (Å²) in [5, 5.41) is 0. The molecule has 2 heterocycles. The van der Waals surface area contributed by atoms with Crippen LogP contribution in [0, 0.1) is 0 Å². The SMILES string of the molecule is CCN(C(=O)COC(=O)c1ccc(S(=O)(=O)N2CCOCC2)cc1)C1CCS(=O)(=O)C1. The molecule has 0 spiro atoms. The largest absolute Gasteiger partial charge is 0.452 e. The van der Waals surface area contributed by atoms with Gasteiger partial charge in [0.15, 0.2) is 16.4 Å². The number of sulfonamides is 1. The standard InChI is InChI=1S/C19H26N2O8S2/c1-2-21(16-7-12-30(24,25)14-16)18(22)13-29-19(23)15-3-5-17(6-4-15)31(26,27)20-8-10-28-11-9-20/h3-6,16H,2,7-14H2,1H3. The van der Waals surface area contributed by atoms with Crippen molar-refractivity contribution in [2.75, 3.05) is 51.0 Å².